The van der Waals surface area contributed by atoms with Crippen LogP contribution in [-0.4, -0.2) is 4.98 Å². The second-order valence-corrected chi connectivity index (χ2v) is 2.59. The van der Waals surface area contributed by atoms with Crippen molar-refractivity contribution >= 4 is 11.6 Å². The molecule has 0 aromatic carbocycles. The van der Waals surface area contributed by atoms with Gasteiger partial charge in [-0.1, -0.05) is 11.6 Å². The third-order valence-corrected chi connectivity index (χ3v) is 1.61. The Kier molecular flexibility index (Phi) is 2.25. The van der Waals surface area contributed by atoms with E-state index in [2.05, 4.69) is 4.98 Å². The van der Waals surface area contributed by atoms with Crippen LogP contribution in [0, 0.1) is 0 Å². The summed E-state index contributed by atoms with van der Waals surface area (Å²) in [5, 5.41) is 0.637. The van der Waals surface area contributed by atoms with Crippen molar-refractivity contribution in [2.75, 3.05) is 0 Å². The van der Waals surface area contributed by atoms with Crippen LogP contribution in [0.4, 0.5) is 0 Å². The minimum Gasteiger partial charge on any atom is -0.324 e. The van der Waals surface area contributed by atoms with E-state index >= 15 is 0 Å². The van der Waals surface area contributed by atoms with Gasteiger partial charge in [0.1, 0.15) is 0 Å². The molecule has 0 fully saturated rings. The van der Waals surface area contributed by atoms with Gasteiger partial charge >= 0.3 is 0 Å². The third kappa shape index (κ3) is 1.46. The molecular formula is C7H9ClN2. The maximum atomic E-state index is 5.78. The minimum atomic E-state index is -0.0181. The fourth-order valence-electron chi connectivity index (χ4n) is 0.755. The molecule has 0 spiro atoms. The van der Waals surface area contributed by atoms with E-state index < -0.39 is 0 Å². The Morgan fingerprint density at radius 2 is 2.40 bits per heavy atom. The van der Waals surface area contributed by atoms with Gasteiger partial charge < -0.3 is 5.73 Å². The van der Waals surface area contributed by atoms with Crippen LogP contribution in [0.3, 0.4) is 0 Å². The van der Waals surface area contributed by atoms with Crippen LogP contribution in [0.2, 0.25) is 5.02 Å². The molecule has 1 rings (SSSR count). The molecule has 0 aliphatic carbocycles. The van der Waals surface area contributed by atoms with Crippen LogP contribution < -0.4 is 5.73 Å². The average molecular weight is 157 g/mol. The summed E-state index contributed by atoms with van der Waals surface area (Å²) >= 11 is 5.78. The van der Waals surface area contributed by atoms with E-state index in [1.54, 1.807) is 12.4 Å². The SMILES string of the molecule is CC(N)c1ccncc1Cl. The Morgan fingerprint density at radius 3 is 2.80 bits per heavy atom. The molecular weight excluding hydrogens is 148 g/mol. The summed E-state index contributed by atoms with van der Waals surface area (Å²) < 4.78 is 0. The van der Waals surface area contributed by atoms with Crippen molar-refractivity contribution in [3.05, 3.63) is 29.0 Å². The minimum absolute atomic E-state index is 0.0181. The number of hydrogen-bond acceptors (Lipinski definition) is 2. The molecule has 10 heavy (non-hydrogen) atoms. The number of aromatic nitrogens is 1. The first-order valence-corrected chi connectivity index (χ1v) is 3.44. The van der Waals surface area contributed by atoms with Gasteiger partial charge in [0.25, 0.3) is 0 Å². The van der Waals surface area contributed by atoms with E-state index in [1.807, 2.05) is 13.0 Å². The van der Waals surface area contributed by atoms with Crippen molar-refractivity contribution in [2.24, 2.45) is 5.73 Å². The van der Waals surface area contributed by atoms with Crippen LogP contribution in [0.5, 0.6) is 0 Å². The molecule has 0 bridgehead atoms. The number of nitrogens with two attached hydrogens (primary N) is 1. The van der Waals surface area contributed by atoms with Crippen molar-refractivity contribution in [1.29, 1.82) is 0 Å². The predicted molar refractivity (Wildman–Crippen MR) is 41.8 cm³/mol. The fourth-order valence-corrected chi connectivity index (χ4v) is 1.05. The first-order valence-electron chi connectivity index (χ1n) is 3.07. The van der Waals surface area contributed by atoms with Crippen LogP contribution in [0.15, 0.2) is 18.5 Å². The average Bonchev–Trinajstić information content (AvgIpc) is 1.88. The van der Waals surface area contributed by atoms with E-state index in [4.69, 9.17) is 17.3 Å². The summed E-state index contributed by atoms with van der Waals surface area (Å²) in [6.07, 6.45) is 3.28. The number of pyridine rings is 1. The number of halogens is 1. The molecule has 0 radical (unpaired) electrons. The molecule has 2 nitrogen and oxygen atoms in total. The lowest BCUT2D eigenvalue weighted by atomic mass is 10.1. The summed E-state index contributed by atoms with van der Waals surface area (Å²) in [6, 6.07) is 1.81. The van der Waals surface area contributed by atoms with Gasteiger partial charge in [-0.2, -0.15) is 0 Å². The lowest BCUT2D eigenvalue weighted by Gasteiger charge is -2.05. The van der Waals surface area contributed by atoms with Crippen LogP contribution in [0.1, 0.15) is 18.5 Å². The molecule has 54 valence electrons. The lowest BCUT2D eigenvalue weighted by Crippen LogP contribution is -2.05. The molecule has 1 unspecified atom stereocenters. The van der Waals surface area contributed by atoms with Crippen LogP contribution >= 0.6 is 11.6 Å². The maximum Gasteiger partial charge on any atom is 0.0636 e. The molecule has 1 aromatic rings. The summed E-state index contributed by atoms with van der Waals surface area (Å²) in [6.45, 7) is 1.89. The summed E-state index contributed by atoms with van der Waals surface area (Å²) in [7, 11) is 0. The Labute approximate surface area is 65.0 Å². The van der Waals surface area contributed by atoms with Gasteiger partial charge in [-0.05, 0) is 18.6 Å². The zero-order chi connectivity index (χ0) is 7.56. The van der Waals surface area contributed by atoms with Crippen molar-refractivity contribution in [3.63, 3.8) is 0 Å². The standard InChI is InChI=1S/C7H9ClN2/c1-5(9)6-2-3-10-4-7(6)8/h2-5H,9H2,1H3. The molecule has 0 aliphatic rings. The molecule has 1 atom stereocenters. The van der Waals surface area contributed by atoms with Gasteiger partial charge in [-0.15, -0.1) is 0 Å². The fraction of sp³-hybridized carbons (Fsp3) is 0.286. The highest BCUT2D eigenvalue weighted by molar-refractivity contribution is 6.31. The molecule has 0 saturated carbocycles. The van der Waals surface area contributed by atoms with Crippen LogP contribution in [0.25, 0.3) is 0 Å². The van der Waals surface area contributed by atoms with Crippen molar-refractivity contribution in [1.82, 2.24) is 4.98 Å². The zero-order valence-corrected chi connectivity index (χ0v) is 6.47. The molecule has 0 aliphatic heterocycles. The van der Waals surface area contributed by atoms with Crippen molar-refractivity contribution < 1.29 is 0 Å². The van der Waals surface area contributed by atoms with Gasteiger partial charge in [0.2, 0.25) is 0 Å². The predicted octanol–water partition coefficient (Wildman–Crippen LogP) is 1.75. The Hall–Kier alpha value is -0.600. The second-order valence-electron chi connectivity index (χ2n) is 2.19. The Morgan fingerprint density at radius 1 is 1.70 bits per heavy atom. The number of nitrogens with zero attached hydrogens (tertiary/aromatic N) is 1. The molecule has 1 heterocycles. The first kappa shape index (κ1) is 7.51. The normalized spacial score (nSPS) is 13.1. The van der Waals surface area contributed by atoms with E-state index in [1.165, 1.54) is 0 Å². The highest BCUT2D eigenvalue weighted by Gasteiger charge is 2.02. The van der Waals surface area contributed by atoms with Gasteiger partial charge in [0.15, 0.2) is 0 Å². The van der Waals surface area contributed by atoms with E-state index in [0.717, 1.165) is 5.56 Å². The summed E-state index contributed by atoms with van der Waals surface area (Å²) in [5.74, 6) is 0. The summed E-state index contributed by atoms with van der Waals surface area (Å²) in [4.78, 5) is 3.84. The topological polar surface area (TPSA) is 38.9 Å². The second kappa shape index (κ2) is 2.99. The number of rotatable bonds is 1. The third-order valence-electron chi connectivity index (χ3n) is 1.29. The number of hydrogen-bond donors (Lipinski definition) is 1. The van der Waals surface area contributed by atoms with Gasteiger partial charge in [-0.3, -0.25) is 4.98 Å². The highest BCUT2D eigenvalue weighted by atomic mass is 35.5. The van der Waals surface area contributed by atoms with E-state index in [0.29, 0.717) is 5.02 Å². The molecule has 0 amide bonds. The quantitative estimate of drug-likeness (QED) is 0.673. The zero-order valence-electron chi connectivity index (χ0n) is 5.71. The van der Waals surface area contributed by atoms with Crippen molar-refractivity contribution in [2.45, 2.75) is 13.0 Å². The molecule has 0 saturated heterocycles. The molecule has 3 heteroatoms. The Bertz CT molecular complexity index is 223. The van der Waals surface area contributed by atoms with Gasteiger partial charge in [-0.25, -0.2) is 0 Å². The first-order chi connectivity index (χ1) is 4.72. The van der Waals surface area contributed by atoms with Crippen molar-refractivity contribution in [3.8, 4) is 0 Å². The van der Waals surface area contributed by atoms with Crippen LogP contribution in [-0.2, 0) is 0 Å². The summed E-state index contributed by atoms with van der Waals surface area (Å²) in [5.41, 5.74) is 6.54. The largest absolute Gasteiger partial charge is 0.324 e. The van der Waals surface area contributed by atoms with Gasteiger partial charge in [0, 0.05) is 18.4 Å². The van der Waals surface area contributed by atoms with E-state index in [-0.39, 0.29) is 6.04 Å². The lowest BCUT2D eigenvalue weighted by molar-refractivity contribution is 0.816. The molecule has 2 N–H and O–H groups in total. The Balaban J connectivity index is 3.03. The maximum absolute atomic E-state index is 5.78. The highest BCUT2D eigenvalue weighted by Crippen LogP contribution is 2.18. The smallest absolute Gasteiger partial charge is 0.0636 e. The van der Waals surface area contributed by atoms with E-state index in [9.17, 15) is 0 Å². The van der Waals surface area contributed by atoms with Gasteiger partial charge in [0.05, 0.1) is 5.02 Å². The molecule has 1 aromatic heterocycles. The monoisotopic (exact) mass is 156 g/mol.